The van der Waals surface area contributed by atoms with Crippen molar-refractivity contribution in [2.75, 3.05) is 18.6 Å². The van der Waals surface area contributed by atoms with Gasteiger partial charge in [0.25, 0.3) is 0 Å². The molecule has 0 aromatic heterocycles. The van der Waals surface area contributed by atoms with E-state index in [1.807, 2.05) is 11.8 Å². The predicted molar refractivity (Wildman–Crippen MR) is 80.1 cm³/mol. The Morgan fingerprint density at radius 3 is 2.56 bits per heavy atom. The highest BCUT2D eigenvalue weighted by Crippen LogP contribution is 2.16. The van der Waals surface area contributed by atoms with E-state index in [-0.39, 0.29) is 5.91 Å². The second-order valence-corrected chi connectivity index (χ2v) is 6.31. The van der Waals surface area contributed by atoms with Gasteiger partial charge in [0, 0.05) is 12.1 Å². The van der Waals surface area contributed by atoms with Crippen molar-refractivity contribution < 1.29 is 4.79 Å². The molecule has 1 unspecified atom stereocenters. The summed E-state index contributed by atoms with van der Waals surface area (Å²) in [6.07, 6.45) is 10.8. The number of hydrogen-bond acceptors (Lipinski definition) is 3. The minimum Gasteiger partial charge on any atom is -0.352 e. The molecule has 2 N–H and O–H groups in total. The third-order valence-corrected chi connectivity index (χ3v) is 4.23. The number of carbonyl (C=O) groups excluding carboxylic acids is 1. The van der Waals surface area contributed by atoms with Crippen LogP contribution >= 0.6 is 11.8 Å². The molecule has 1 amide bonds. The lowest BCUT2D eigenvalue weighted by Crippen LogP contribution is -2.42. The minimum atomic E-state index is 0.165. The van der Waals surface area contributed by atoms with Gasteiger partial charge < -0.3 is 10.6 Å². The summed E-state index contributed by atoms with van der Waals surface area (Å²) < 4.78 is 0. The topological polar surface area (TPSA) is 41.1 Å². The molecule has 1 atom stereocenters. The Balaban J connectivity index is 2.12. The molecule has 18 heavy (non-hydrogen) atoms. The minimum absolute atomic E-state index is 0.165. The Hall–Kier alpha value is -0.220. The SMILES string of the molecule is CSCCC(C)NCC(=O)NC1CCCCCC1. The molecule has 3 nitrogen and oxygen atoms in total. The van der Waals surface area contributed by atoms with Gasteiger partial charge in [-0.2, -0.15) is 11.8 Å². The lowest BCUT2D eigenvalue weighted by Gasteiger charge is -2.18. The van der Waals surface area contributed by atoms with Crippen LogP contribution in [-0.2, 0) is 4.79 Å². The van der Waals surface area contributed by atoms with Crippen molar-refractivity contribution in [1.29, 1.82) is 0 Å². The van der Waals surface area contributed by atoms with E-state index in [0.29, 0.717) is 18.6 Å². The Morgan fingerprint density at radius 2 is 1.94 bits per heavy atom. The smallest absolute Gasteiger partial charge is 0.234 e. The van der Waals surface area contributed by atoms with Crippen LogP contribution in [0.15, 0.2) is 0 Å². The van der Waals surface area contributed by atoms with Crippen LogP contribution in [0.1, 0.15) is 51.9 Å². The van der Waals surface area contributed by atoms with Gasteiger partial charge in [-0.05, 0) is 38.2 Å². The van der Waals surface area contributed by atoms with Crippen LogP contribution in [0.4, 0.5) is 0 Å². The molecule has 0 aromatic carbocycles. The third kappa shape index (κ3) is 7.27. The van der Waals surface area contributed by atoms with E-state index < -0.39 is 0 Å². The van der Waals surface area contributed by atoms with Crippen LogP contribution in [0.2, 0.25) is 0 Å². The molecule has 0 spiro atoms. The van der Waals surface area contributed by atoms with E-state index in [0.717, 1.165) is 25.0 Å². The fraction of sp³-hybridized carbons (Fsp3) is 0.929. The highest BCUT2D eigenvalue weighted by molar-refractivity contribution is 7.98. The van der Waals surface area contributed by atoms with E-state index in [1.54, 1.807) is 0 Å². The molecule has 0 radical (unpaired) electrons. The van der Waals surface area contributed by atoms with Crippen molar-refractivity contribution in [2.24, 2.45) is 0 Å². The molecule has 0 aromatic rings. The number of nitrogens with one attached hydrogen (secondary N) is 2. The van der Waals surface area contributed by atoms with Gasteiger partial charge in [-0.15, -0.1) is 0 Å². The van der Waals surface area contributed by atoms with E-state index in [2.05, 4.69) is 23.8 Å². The zero-order valence-corrected chi connectivity index (χ0v) is 12.7. The lowest BCUT2D eigenvalue weighted by atomic mass is 10.1. The van der Waals surface area contributed by atoms with Crippen molar-refractivity contribution in [1.82, 2.24) is 10.6 Å². The highest BCUT2D eigenvalue weighted by atomic mass is 32.2. The first-order valence-electron chi connectivity index (χ1n) is 7.24. The summed E-state index contributed by atoms with van der Waals surface area (Å²) in [5.41, 5.74) is 0. The number of thioether (sulfide) groups is 1. The van der Waals surface area contributed by atoms with Gasteiger partial charge in [-0.3, -0.25) is 4.79 Å². The summed E-state index contributed by atoms with van der Waals surface area (Å²) in [7, 11) is 0. The number of rotatable bonds is 7. The molecule has 1 fully saturated rings. The van der Waals surface area contributed by atoms with Crippen molar-refractivity contribution in [2.45, 2.75) is 64.0 Å². The highest BCUT2D eigenvalue weighted by Gasteiger charge is 2.14. The summed E-state index contributed by atoms with van der Waals surface area (Å²) >= 11 is 1.85. The zero-order chi connectivity index (χ0) is 13.2. The van der Waals surface area contributed by atoms with Crippen molar-refractivity contribution in [3.8, 4) is 0 Å². The van der Waals surface area contributed by atoms with Crippen LogP contribution in [0.25, 0.3) is 0 Å². The van der Waals surface area contributed by atoms with Gasteiger partial charge in [0.2, 0.25) is 5.91 Å². The molecule has 1 aliphatic rings. The Kier molecular flexibility index (Phi) is 8.51. The monoisotopic (exact) mass is 272 g/mol. The fourth-order valence-corrected chi connectivity index (χ4v) is 2.96. The van der Waals surface area contributed by atoms with Crippen molar-refractivity contribution >= 4 is 17.7 Å². The molecule has 0 heterocycles. The molecule has 4 heteroatoms. The molecule has 1 aliphatic carbocycles. The normalized spacial score (nSPS) is 19.2. The molecule has 1 rings (SSSR count). The van der Waals surface area contributed by atoms with Crippen LogP contribution < -0.4 is 10.6 Å². The zero-order valence-electron chi connectivity index (χ0n) is 11.8. The van der Waals surface area contributed by atoms with Crippen LogP contribution in [-0.4, -0.2) is 36.5 Å². The van der Waals surface area contributed by atoms with Gasteiger partial charge in [0.05, 0.1) is 6.54 Å². The maximum absolute atomic E-state index is 11.8. The van der Waals surface area contributed by atoms with Gasteiger partial charge >= 0.3 is 0 Å². The van der Waals surface area contributed by atoms with Crippen LogP contribution in [0.5, 0.6) is 0 Å². The third-order valence-electron chi connectivity index (χ3n) is 3.59. The number of carbonyl (C=O) groups is 1. The fourth-order valence-electron chi connectivity index (χ4n) is 2.37. The second kappa shape index (κ2) is 9.68. The molecule has 106 valence electrons. The first-order valence-corrected chi connectivity index (χ1v) is 8.63. The number of hydrogen-bond donors (Lipinski definition) is 2. The Morgan fingerprint density at radius 1 is 1.28 bits per heavy atom. The van der Waals surface area contributed by atoms with Crippen molar-refractivity contribution in [3.63, 3.8) is 0 Å². The first kappa shape index (κ1) is 15.8. The van der Waals surface area contributed by atoms with Gasteiger partial charge in [-0.1, -0.05) is 25.7 Å². The molecule has 0 saturated heterocycles. The molecule has 0 bridgehead atoms. The molecular formula is C14H28N2OS. The largest absolute Gasteiger partial charge is 0.352 e. The van der Waals surface area contributed by atoms with Crippen LogP contribution in [0, 0.1) is 0 Å². The summed E-state index contributed by atoms with van der Waals surface area (Å²) in [5, 5.41) is 6.46. The van der Waals surface area contributed by atoms with Crippen LogP contribution in [0.3, 0.4) is 0 Å². The summed E-state index contributed by atoms with van der Waals surface area (Å²) in [4.78, 5) is 11.8. The molecular weight excluding hydrogens is 244 g/mol. The molecule has 1 saturated carbocycles. The Bertz CT molecular complexity index is 228. The lowest BCUT2D eigenvalue weighted by molar-refractivity contribution is -0.121. The predicted octanol–water partition coefficient (Wildman–Crippen LogP) is 2.56. The average Bonchev–Trinajstić information content (AvgIpc) is 2.62. The maximum Gasteiger partial charge on any atom is 0.234 e. The molecule has 0 aliphatic heterocycles. The Labute approximate surface area is 116 Å². The quantitative estimate of drug-likeness (QED) is 0.700. The van der Waals surface area contributed by atoms with E-state index >= 15 is 0 Å². The first-order chi connectivity index (χ1) is 8.72. The summed E-state index contributed by atoms with van der Waals surface area (Å²) in [6.45, 7) is 2.61. The van der Waals surface area contributed by atoms with Crippen molar-refractivity contribution in [3.05, 3.63) is 0 Å². The number of amides is 1. The van der Waals surface area contributed by atoms with Gasteiger partial charge in [-0.25, -0.2) is 0 Å². The second-order valence-electron chi connectivity index (χ2n) is 5.32. The average molecular weight is 272 g/mol. The summed E-state index contributed by atoms with van der Waals surface area (Å²) in [5.74, 6) is 1.32. The van der Waals surface area contributed by atoms with E-state index in [1.165, 1.54) is 25.7 Å². The van der Waals surface area contributed by atoms with E-state index in [9.17, 15) is 4.79 Å². The van der Waals surface area contributed by atoms with Gasteiger partial charge in [0.15, 0.2) is 0 Å². The van der Waals surface area contributed by atoms with E-state index in [4.69, 9.17) is 0 Å². The standard InChI is InChI=1S/C14H28N2OS/c1-12(9-10-18-2)15-11-14(17)16-13-7-5-3-4-6-8-13/h12-13,15H,3-11H2,1-2H3,(H,16,17). The van der Waals surface area contributed by atoms with Gasteiger partial charge in [0.1, 0.15) is 0 Å². The maximum atomic E-state index is 11.8. The summed E-state index contributed by atoms with van der Waals surface area (Å²) in [6, 6.07) is 0.848.